The van der Waals surface area contributed by atoms with Crippen molar-refractivity contribution >= 4 is 32.6 Å². The van der Waals surface area contributed by atoms with Gasteiger partial charge in [0.15, 0.2) is 0 Å². The van der Waals surface area contributed by atoms with E-state index in [1.165, 1.54) is 25.1 Å². The molecular formula is C26H22FNO6S. The molecule has 4 aromatic rings. The molecule has 0 aliphatic heterocycles. The summed E-state index contributed by atoms with van der Waals surface area (Å²) >= 11 is 0. The fraction of sp³-hybridized carbons (Fsp3) is 0.154. The maximum atomic E-state index is 13.4. The molecule has 0 saturated carbocycles. The largest absolute Gasteiger partial charge is 0.457 e. The molecule has 4 rings (SSSR count). The number of ether oxygens (including phenoxy) is 1. The van der Waals surface area contributed by atoms with E-state index in [0.717, 1.165) is 29.3 Å². The molecule has 0 bridgehead atoms. The number of hydrogen-bond acceptors (Lipinski definition) is 6. The van der Waals surface area contributed by atoms with Gasteiger partial charge < -0.3 is 9.15 Å². The third-order valence-corrected chi connectivity index (χ3v) is 7.22. The van der Waals surface area contributed by atoms with Gasteiger partial charge in [-0.2, -0.15) is 0 Å². The Kier molecular flexibility index (Phi) is 6.45. The Bertz CT molecular complexity index is 1630. The molecule has 0 atom stereocenters. The zero-order valence-electron chi connectivity index (χ0n) is 19.2. The van der Waals surface area contributed by atoms with E-state index in [4.69, 9.17) is 9.15 Å². The number of para-hydroxylation sites is 1. The van der Waals surface area contributed by atoms with Gasteiger partial charge in [-0.3, -0.25) is 4.72 Å². The van der Waals surface area contributed by atoms with Gasteiger partial charge in [-0.15, -0.1) is 0 Å². The number of fused-ring (bicyclic) bond motifs is 1. The number of benzene rings is 3. The van der Waals surface area contributed by atoms with E-state index in [-0.39, 0.29) is 28.3 Å². The monoisotopic (exact) mass is 495 g/mol. The minimum atomic E-state index is -4.11. The molecule has 35 heavy (non-hydrogen) atoms. The normalized spacial score (nSPS) is 11.4. The number of aryl methyl sites for hydroxylation is 3. The molecule has 1 heterocycles. The van der Waals surface area contributed by atoms with Gasteiger partial charge >= 0.3 is 11.6 Å². The zero-order valence-corrected chi connectivity index (χ0v) is 20.0. The topological polar surface area (TPSA) is 103 Å². The van der Waals surface area contributed by atoms with Crippen LogP contribution in [0.3, 0.4) is 0 Å². The molecule has 1 N–H and O–H groups in total. The molecule has 180 valence electrons. The predicted molar refractivity (Wildman–Crippen MR) is 129 cm³/mol. The van der Waals surface area contributed by atoms with Gasteiger partial charge in [0, 0.05) is 17.0 Å². The first-order valence-corrected chi connectivity index (χ1v) is 12.1. The highest BCUT2D eigenvalue weighted by atomic mass is 32.2. The summed E-state index contributed by atoms with van der Waals surface area (Å²) in [5.41, 5.74) is 2.29. The molecule has 0 amide bonds. The number of carbonyl (C=O) groups is 1. The highest BCUT2D eigenvalue weighted by molar-refractivity contribution is 7.92. The van der Waals surface area contributed by atoms with E-state index in [2.05, 4.69) is 4.72 Å². The quantitative estimate of drug-likeness (QED) is 0.298. The highest BCUT2D eigenvalue weighted by Gasteiger charge is 2.22. The second kappa shape index (κ2) is 9.34. The van der Waals surface area contributed by atoms with Crippen LogP contribution in [-0.4, -0.2) is 14.4 Å². The summed E-state index contributed by atoms with van der Waals surface area (Å²) < 4.78 is 52.4. The van der Waals surface area contributed by atoms with Gasteiger partial charge in [-0.05, 0) is 67.8 Å². The minimum absolute atomic E-state index is 0.00475. The Hall–Kier alpha value is -3.98. The second-order valence-electron chi connectivity index (χ2n) is 8.11. The Morgan fingerprint density at radius 1 is 1.00 bits per heavy atom. The van der Waals surface area contributed by atoms with Crippen molar-refractivity contribution in [3.05, 3.63) is 105 Å². The molecular weight excluding hydrogens is 473 g/mol. The number of halogens is 1. The number of anilines is 1. The Morgan fingerprint density at radius 3 is 2.49 bits per heavy atom. The van der Waals surface area contributed by atoms with Crippen LogP contribution in [0.4, 0.5) is 10.1 Å². The minimum Gasteiger partial charge on any atom is -0.457 e. The average molecular weight is 496 g/mol. The van der Waals surface area contributed by atoms with Crippen molar-refractivity contribution in [1.82, 2.24) is 0 Å². The SMILES string of the molecule is Cc1cc(F)ccc1S(=O)(=O)Nc1ccccc1C(=O)OCc1cc(=O)oc2c(C)c(C)ccc12. The average Bonchev–Trinajstić information content (AvgIpc) is 2.79. The van der Waals surface area contributed by atoms with E-state index in [0.29, 0.717) is 16.5 Å². The van der Waals surface area contributed by atoms with Crippen LogP contribution >= 0.6 is 0 Å². The molecule has 0 spiro atoms. The number of carbonyl (C=O) groups excluding carboxylic acids is 1. The summed E-state index contributed by atoms with van der Waals surface area (Å²) in [6, 6.07) is 14.2. The fourth-order valence-electron chi connectivity index (χ4n) is 3.73. The van der Waals surface area contributed by atoms with E-state index in [1.807, 2.05) is 19.9 Å². The number of rotatable bonds is 6. The predicted octanol–water partition coefficient (Wildman–Crippen LogP) is 5.02. The number of hydrogen-bond donors (Lipinski definition) is 1. The van der Waals surface area contributed by atoms with Gasteiger partial charge in [0.05, 0.1) is 16.1 Å². The van der Waals surface area contributed by atoms with Crippen LogP contribution < -0.4 is 10.3 Å². The molecule has 0 fully saturated rings. The molecule has 0 aliphatic rings. The molecule has 0 aliphatic carbocycles. The van der Waals surface area contributed by atoms with E-state index in [9.17, 15) is 22.4 Å². The lowest BCUT2D eigenvalue weighted by atomic mass is 10.0. The number of nitrogens with one attached hydrogen (secondary N) is 1. The van der Waals surface area contributed by atoms with Crippen molar-refractivity contribution < 1.29 is 26.8 Å². The van der Waals surface area contributed by atoms with Gasteiger partial charge in [0.2, 0.25) is 0 Å². The van der Waals surface area contributed by atoms with Gasteiger partial charge in [-0.25, -0.2) is 22.4 Å². The zero-order chi connectivity index (χ0) is 25.3. The first kappa shape index (κ1) is 24.2. The van der Waals surface area contributed by atoms with Gasteiger partial charge in [-0.1, -0.05) is 24.3 Å². The van der Waals surface area contributed by atoms with E-state index >= 15 is 0 Å². The van der Waals surface area contributed by atoms with Crippen molar-refractivity contribution in [2.24, 2.45) is 0 Å². The molecule has 7 nitrogen and oxygen atoms in total. The second-order valence-corrected chi connectivity index (χ2v) is 9.76. The van der Waals surface area contributed by atoms with Crippen molar-refractivity contribution in [3.63, 3.8) is 0 Å². The Balaban J connectivity index is 1.61. The van der Waals surface area contributed by atoms with E-state index < -0.39 is 27.4 Å². The third kappa shape index (κ3) is 4.95. The lowest BCUT2D eigenvalue weighted by Crippen LogP contribution is -2.17. The summed E-state index contributed by atoms with van der Waals surface area (Å²) in [5, 5.41) is 0.640. The summed E-state index contributed by atoms with van der Waals surface area (Å²) in [7, 11) is -4.11. The first-order chi connectivity index (χ1) is 16.6. The maximum absolute atomic E-state index is 13.4. The van der Waals surface area contributed by atoms with E-state index in [1.54, 1.807) is 18.2 Å². The Morgan fingerprint density at radius 2 is 1.74 bits per heavy atom. The standard InChI is InChI=1S/C26H22FNO6S/c1-15-8-10-20-18(13-24(29)34-25(20)17(15)3)14-33-26(30)21-6-4-5-7-22(21)28-35(31,32)23-11-9-19(27)12-16(23)2/h4-13,28H,14H2,1-3H3. The maximum Gasteiger partial charge on any atom is 0.340 e. The van der Waals surface area contributed by atoms with Crippen LogP contribution in [0.15, 0.2) is 74.8 Å². The van der Waals surface area contributed by atoms with Crippen molar-refractivity contribution in [2.45, 2.75) is 32.3 Å². The van der Waals surface area contributed by atoms with Crippen LogP contribution in [0.25, 0.3) is 11.0 Å². The summed E-state index contributed by atoms with van der Waals surface area (Å²) in [6.07, 6.45) is 0. The van der Waals surface area contributed by atoms with Crippen molar-refractivity contribution in [2.75, 3.05) is 4.72 Å². The lowest BCUT2D eigenvalue weighted by Gasteiger charge is -2.14. The molecule has 9 heteroatoms. The molecule has 0 radical (unpaired) electrons. The van der Waals surface area contributed by atoms with Gasteiger partial charge in [0.25, 0.3) is 10.0 Å². The first-order valence-electron chi connectivity index (χ1n) is 10.6. The molecule has 0 unspecified atom stereocenters. The smallest absolute Gasteiger partial charge is 0.340 e. The summed E-state index contributed by atoms with van der Waals surface area (Å²) in [5.74, 6) is -1.34. The van der Waals surface area contributed by atoms with Crippen molar-refractivity contribution in [1.29, 1.82) is 0 Å². The molecule has 3 aromatic carbocycles. The fourth-order valence-corrected chi connectivity index (χ4v) is 5.04. The molecule has 1 aromatic heterocycles. The van der Waals surface area contributed by atoms with Gasteiger partial charge in [0.1, 0.15) is 18.0 Å². The van der Waals surface area contributed by atoms with Crippen LogP contribution in [0.1, 0.15) is 32.6 Å². The molecule has 0 saturated heterocycles. The summed E-state index contributed by atoms with van der Waals surface area (Å²) in [6.45, 7) is 4.98. The number of esters is 1. The van der Waals surface area contributed by atoms with Crippen LogP contribution in [0, 0.1) is 26.6 Å². The Labute approximate surface area is 201 Å². The van der Waals surface area contributed by atoms with Crippen LogP contribution in [-0.2, 0) is 21.4 Å². The van der Waals surface area contributed by atoms with Crippen LogP contribution in [0.2, 0.25) is 0 Å². The number of sulfonamides is 1. The van der Waals surface area contributed by atoms with Crippen molar-refractivity contribution in [3.8, 4) is 0 Å². The van der Waals surface area contributed by atoms with Crippen LogP contribution in [0.5, 0.6) is 0 Å². The highest BCUT2D eigenvalue weighted by Crippen LogP contribution is 2.26. The third-order valence-electron chi connectivity index (χ3n) is 5.69. The summed E-state index contributed by atoms with van der Waals surface area (Å²) in [4.78, 5) is 24.9. The lowest BCUT2D eigenvalue weighted by molar-refractivity contribution is 0.0475.